The first-order chi connectivity index (χ1) is 9.06. The number of nitrogens with two attached hydrogens (primary N) is 1. The van der Waals surface area contributed by atoms with E-state index in [0.29, 0.717) is 12.5 Å². The lowest BCUT2D eigenvalue weighted by Gasteiger charge is -2.10. The number of aryl methyl sites for hydroxylation is 1. The lowest BCUT2D eigenvalue weighted by molar-refractivity contribution is 0.306. The van der Waals surface area contributed by atoms with E-state index in [1.54, 1.807) is 0 Å². The molecule has 100 valence electrons. The topological polar surface area (TPSA) is 35.2 Å². The van der Waals surface area contributed by atoms with Crippen molar-refractivity contribution in [1.82, 2.24) is 0 Å². The normalized spacial score (nSPS) is 10.7. The summed E-state index contributed by atoms with van der Waals surface area (Å²) in [6, 6.07) is 14.3. The Morgan fingerprint density at radius 3 is 2.32 bits per heavy atom. The molecular formula is C17H21NO. The summed E-state index contributed by atoms with van der Waals surface area (Å²) in [6.07, 6.45) is 0. The van der Waals surface area contributed by atoms with Crippen molar-refractivity contribution in [2.75, 3.05) is 5.73 Å². The van der Waals surface area contributed by atoms with Gasteiger partial charge in [0.25, 0.3) is 0 Å². The van der Waals surface area contributed by atoms with Gasteiger partial charge in [0.1, 0.15) is 12.4 Å². The monoisotopic (exact) mass is 255 g/mol. The first-order valence-corrected chi connectivity index (χ1v) is 6.64. The van der Waals surface area contributed by atoms with E-state index in [1.165, 1.54) is 11.1 Å². The molecule has 0 aliphatic carbocycles. The van der Waals surface area contributed by atoms with Crippen LogP contribution in [0.1, 0.15) is 36.5 Å². The highest BCUT2D eigenvalue weighted by atomic mass is 16.5. The van der Waals surface area contributed by atoms with Gasteiger partial charge in [-0.3, -0.25) is 0 Å². The molecule has 0 fully saturated rings. The van der Waals surface area contributed by atoms with Crippen LogP contribution in [0, 0.1) is 6.92 Å². The molecule has 2 rings (SSSR count). The molecule has 0 aliphatic heterocycles. The van der Waals surface area contributed by atoms with E-state index >= 15 is 0 Å². The van der Waals surface area contributed by atoms with E-state index in [2.05, 4.69) is 38.1 Å². The van der Waals surface area contributed by atoms with Gasteiger partial charge in [-0.25, -0.2) is 0 Å². The van der Waals surface area contributed by atoms with Gasteiger partial charge in [-0.05, 0) is 47.7 Å². The molecule has 19 heavy (non-hydrogen) atoms. The summed E-state index contributed by atoms with van der Waals surface area (Å²) in [4.78, 5) is 0. The van der Waals surface area contributed by atoms with Gasteiger partial charge in [-0.1, -0.05) is 38.1 Å². The van der Waals surface area contributed by atoms with Gasteiger partial charge < -0.3 is 10.5 Å². The lowest BCUT2D eigenvalue weighted by atomic mass is 10.0. The van der Waals surface area contributed by atoms with Crippen molar-refractivity contribution >= 4 is 5.69 Å². The summed E-state index contributed by atoms with van der Waals surface area (Å²) in [5.41, 5.74) is 10.2. The third-order valence-electron chi connectivity index (χ3n) is 3.29. The minimum absolute atomic E-state index is 0.565. The Labute approximate surface area is 115 Å². The summed E-state index contributed by atoms with van der Waals surface area (Å²) in [5.74, 6) is 1.43. The Hall–Kier alpha value is -1.96. The smallest absolute Gasteiger partial charge is 0.120 e. The maximum absolute atomic E-state index is 5.79. The fourth-order valence-electron chi connectivity index (χ4n) is 1.90. The zero-order valence-corrected chi connectivity index (χ0v) is 11.8. The largest absolute Gasteiger partial charge is 0.489 e. The zero-order chi connectivity index (χ0) is 13.8. The quantitative estimate of drug-likeness (QED) is 0.828. The highest BCUT2D eigenvalue weighted by molar-refractivity contribution is 5.49. The van der Waals surface area contributed by atoms with Crippen LogP contribution in [0.5, 0.6) is 5.75 Å². The number of anilines is 1. The van der Waals surface area contributed by atoms with Gasteiger partial charge in [-0.15, -0.1) is 0 Å². The van der Waals surface area contributed by atoms with E-state index in [9.17, 15) is 0 Å². The summed E-state index contributed by atoms with van der Waals surface area (Å²) in [5, 5.41) is 0. The van der Waals surface area contributed by atoms with Crippen molar-refractivity contribution in [3.05, 3.63) is 59.2 Å². The third-order valence-corrected chi connectivity index (χ3v) is 3.29. The predicted molar refractivity (Wildman–Crippen MR) is 80.5 cm³/mol. The Morgan fingerprint density at radius 2 is 1.74 bits per heavy atom. The first-order valence-electron chi connectivity index (χ1n) is 6.64. The molecule has 0 radical (unpaired) electrons. The van der Waals surface area contributed by atoms with E-state index in [-0.39, 0.29) is 0 Å². The van der Waals surface area contributed by atoms with Gasteiger partial charge in [0.05, 0.1) is 0 Å². The van der Waals surface area contributed by atoms with Gasteiger partial charge in [0.15, 0.2) is 0 Å². The average Bonchev–Trinajstić information content (AvgIpc) is 2.40. The van der Waals surface area contributed by atoms with E-state index < -0.39 is 0 Å². The molecule has 0 atom stereocenters. The SMILES string of the molecule is Cc1cc(OCc2ccc(C(C)C)cc2)ccc1N. The maximum Gasteiger partial charge on any atom is 0.120 e. The zero-order valence-electron chi connectivity index (χ0n) is 11.8. The first kappa shape index (κ1) is 13.5. The number of ether oxygens (including phenoxy) is 1. The van der Waals surface area contributed by atoms with Gasteiger partial charge in [0, 0.05) is 5.69 Å². The van der Waals surface area contributed by atoms with Crippen LogP contribution >= 0.6 is 0 Å². The molecule has 0 spiro atoms. The van der Waals surface area contributed by atoms with Crippen LogP contribution in [0.4, 0.5) is 5.69 Å². The standard InChI is InChI=1S/C17H21NO/c1-12(2)15-6-4-14(5-7-15)11-19-16-8-9-17(18)13(3)10-16/h4-10,12H,11,18H2,1-3H3. The Bertz CT molecular complexity index is 544. The molecule has 0 saturated heterocycles. The molecule has 2 aromatic carbocycles. The summed E-state index contributed by atoms with van der Waals surface area (Å²) >= 11 is 0. The van der Waals surface area contributed by atoms with Crippen LogP contribution < -0.4 is 10.5 Å². The van der Waals surface area contributed by atoms with Crippen molar-refractivity contribution in [3.63, 3.8) is 0 Å². The van der Waals surface area contributed by atoms with E-state index in [4.69, 9.17) is 10.5 Å². The number of rotatable bonds is 4. The Kier molecular flexibility index (Phi) is 4.10. The van der Waals surface area contributed by atoms with Crippen LogP contribution in [0.2, 0.25) is 0 Å². The molecule has 0 bridgehead atoms. The van der Waals surface area contributed by atoms with Gasteiger partial charge >= 0.3 is 0 Å². The van der Waals surface area contributed by atoms with Crippen molar-refractivity contribution in [3.8, 4) is 5.75 Å². The molecule has 0 heterocycles. The van der Waals surface area contributed by atoms with Crippen LogP contribution in [0.25, 0.3) is 0 Å². The molecular weight excluding hydrogens is 234 g/mol. The molecule has 0 amide bonds. The molecule has 0 saturated carbocycles. The number of hydrogen-bond acceptors (Lipinski definition) is 2. The Balaban J connectivity index is 2.00. The number of nitrogen functional groups attached to an aromatic ring is 1. The molecule has 2 nitrogen and oxygen atoms in total. The fraction of sp³-hybridized carbons (Fsp3) is 0.294. The van der Waals surface area contributed by atoms with Crippen LogP contribution in [0.3, 0.4) is 0 Å². The van der Waals surface area contributed by atoms with Crippen molar-refractivity contribution in [2.45, 2.75) is 33.3 Å². The average molecular weight is 255 g/mol. The third kappa shape index (κ3) is 3.50. The molecule has 0 unspecified atom stereocenters. The molecule has 2 aromatic rings. The van der Waals surface area contributed by atoms with E-state index in [1.807, 2.05) is 25.1 Å². The summed E-state index contributed by atoms with van der Waals surface area (Å²) < 4.78 is 5.77. The molecule has 0 aromatic heterocycles. The second kappa shape index (κ2) is 5.79. The number of benzene rings is 2. The van der Waals surface area contributed by atoms with Crippen molar-refractivity contribution < 1.29 is 4.74 Å². The van der Waals surface area contributed by atoms with Gasteiger partial charge in [0.2, 0.25) is 0 Å². The molecule has 0 aliphatic rings. The fourth-order valence-corrected chi connectivity index (χ4v) is 1.90. The van der Waals surface area contributed by atoms with Crippen molar-refractivity contribution in [2.24, 2.45) is 0 Å². The van der Waals surface area contributed by atoms with E-state index in [0.717, 1.165) is 17.0 Å². The van der Waals surface area contributed by atoms with Crippen molar-refractivity contribution in [1.29, 1.82) is 0 Å². The van der Waals surface area contributed by atoms with Gasteiger partial charge in [-0.2, -0.15) is 0 Å². The van der Waals surface area contributed by atoms with Crippen LogP contribution in [-0.4, -0.2) is 0 Å². The minimum atomic E-state index is 0.565. The minimum Gasteiger partial charge on any atom is -0.489 e. The molecule has 2 N–H and O–H groups in total. The second-order valence-corrected chi connectivity index (χ2v) is 5.20. The summed E-state index contributed by atoms with van der Waals surface area (Å²) in [6.45, 7) is 6.96. The Morgan fingerprint density at radius 1 is 1.05 bits per heavy atom. The highest BCUT2D eigenvalue weighted by Gasteiger charge is 2.01. The maximum atomic E-state index is 5.79. The lowest BCUT2D eigenvalue weighted by Crippen LogP contribution is -1.97. The molecule has 2 heteroatoms. The highest BCUT2D eigenvalue weighted by Crippen LogP contribution is 2.20. The summed E-state index contributed by atoms with van der Waals surface area (Å²) in [7, 11) is 0. The second-order valence-electron chi connectivity index (χ2n) is 5.20. The predicted octanol–water partition coefficient (Wildman–Crippen LogP) is 4.28. The van der Waals surface area contributed by atoms with Crippen LogP contribution in [-0.2, 0) is 6.61 Å². The van der Waals surface area contributed by atoms with Crippen LogP contribution in [0.15, 0.2) is 42.5 Å². The number of hydrogen-bond donors (Lipinski definition) is 1.